The van der Waals surface area contributed by atoms with Crippen molar-refractivity contribution >= 4 is 22.2 Å². The van der Waals surface area contributed by atoms with E-state index < -0.39 is 0 Å². The van der Waals surface area contributed by atoms with Gasteiger partial charge in [-0.05, 0) is 12.8 Å². The maximum absolute atomic E-state index is 9.89. The standard InChI is InChI=1S/C7H13BrO/c1-2-4-7(8)5-3-6-9/h6-7H,2-5H2,1H3. The van der Waals surface area contributed by atoms with Gasteiger partial charge in [0, 0.05) is 11.2 Å². The maximum Gasteiger partial charge on any atom is 0.120 e. The number of carbonyl (C=O) groups excluding carboxylic acids is 1. The highest BCUT2D eigenvalue weighted by molar-refractivity contribution is 9.09. The van der Waals surface area contributed by atoms with Gasteiger partial charge in [-0.25, -0.2) is 0 Å². The van der Waals surface area contributed by atoms with Crippen LogP contribution in [0.25, 0.3) is 0 Å². The van der Waals surface area contributed by atoms with E-state index >= 15 is 0 Å². The van der Waals surface area contributed by atoms with Gasteiger partial charge >= 0.3 is 0 Å². The summed E-state index contributed by atoms with van der Waals surface area (Å²) >= 11 is 3.48. The molecule has 0 heterocycles. The third kappa shape index (κ3) is 6.03. The van der Waals surface area contributed by atoms with E-state index in [1.54, 1.807) is 0 Å². The van der Waals surface area contributed by atoms with Crippen LogP contribution in [0.5, 0.6) is 0 Å². The SMILES string of the molecule is CCCC(Br)CCC=O. The Hall–Kier alpha value is 0.150. The van der Waals surface area contributed by atoms with Crippen molar-refractivity contribution in [2.75, 3.05) is 0 Å². The fraction of sp³-hybridized carbons (Fsp3) is 0.857. The average molecular weight is 193 g/mol. The van der Waals surface area contributed by atoms with Crippen LogP contribution in [0.1, 0.15) is 32.6 Å². The monoisotopic (exact) mass is 192 g/mol. The molecule has 0 aromatic heterocycles. The lowest BCUT2D eigenvalue weighted by molar-refractivity contribution is -0.107. The molecule has 9 heavy (non-hydrogen) atoms. The fourth-order valence-electron chi connectivity index (χ4n) is 0.706. The minimum atomic E-state index is 0.549. The van der Waals surface area contributed by atoms with Crippen molar-refractivity contribution in [1.82, 2.24) is 0 Å². The maximum atomic E-state index is 9.89. The molecule has 0 saturated heterocycles. The first-order chi connectivity index (χ1) is 4.31. The molecule has 0 N–H and O–H groups in total. The van der Waals surface area contributed by atoms with E-state index in [0.717, 1.165) is 12.7 Å². The summed E-state index contributed by atoms with van der Waals surface area (Å²) in [6.45, 7) is 2.15. The van der Waals surface area contributed by atoms with E-state index in [9.17, 15) is 4.79 Å². The molecule has 0 radical (unpaired) electrons. The molecule has 0 aliphatic carbocycles. The lowest BCUT2D eigenvalue weighted by atomic mass is 10.2. The minimum Gasteiger partial charge on any atom is -0.303 e. The van der Waals surface area contributed by atoms with E-state index in [-0.39, 0.29) is 0 Å². The zero-order chi connectivity index (χ0) is 7.11. The molecule has 0 saturated carbocycles. The van der Waals surface area contributed by atoms with Gasteiger partial charge in [-0.1, -0.05) is 29.3 Å². The Labute approximate surface area is 65.0 Å². The molecule has 0 amide bonds. The van der Waals surface area contributed by atoms with Crippen LogP contribution >= 0.6 is 15.9 Å². The van der Waals surface area contributed by atoms with Crippen molar-refractivity contribution in [3.05, 3.63) is 0 Å². The fourth-order valence-corrected chi connectivity index (χ4v) is 1.43. The normalized spacial score (nSPS) is 13.1. The molecule has 1 nitrogen and oxygen atoms in total. The molecule has 0 spiro atoms. The summed E-state index contributed by atoms with van der Waals surface area (Å²) in [6, 6.07) is 0. The van der Waals surface area contributed by atoms with Gasteiger partial charge < -0.3 is 4.79 Å². The second-order valence-electron chi connectivity index (χ2n) is 2.13. The molecule has 1 unspecified atom stereocenters. The van der Waals surface area contributed by atoms with E-state index in [1.165, 1.54) is 12.8 Å². The van der Waals surface area contributed by atoms with Crippen LogP contribution in [0.4, 0.5) is 0 Å². The Bertz CT molecular complexity index is 73.3. The van der Waals surface area contributed by atoms with Crippen LogP contribution in [-0.2, 0) is 4.79 Å². The lowest BCUT2D eigenvalue weighted by Crippen LogP contribution is -1.96. The zero-order valence-electron chi connectivity index (χ0n) is 5.77. The van der Waals surface area contributed by atoms with Crippen LogP contribution in [0.15, 0.2) is 0 Å². The first kappa shape index (κ1) is 9.15. The summed E-state index contributed by atoms with van der Waals surface area (Å²) in [5.74, 6) is 0. The summed E-state index contributed by atoms with van der Waals surface area (Å²) < 4.78 is 0. The number of hydrogen-bond donors (Lipinski definition) is 0. The molecule has 1 atom stereocenters. The van der Waals surface area contributed by atoms with Crippen molar-refractivity contribution < 1.29 is 4.79 Å². The molecule has 0 aromatic carbocycles. The molecule has 0 aliphatic heterocycles. The number of rotatable bonds is 5. The Kier molecular flexibility index (Phi) is 6.38. The molecule has 0 aromatic rings. The largest absolute Gasteiger partial charge is 0.303 e. The Morgan fingerprint density at radius 1 is 1.56 bits per heavy atom. The molecule has 0 fully saturated rings. The molecular weight excluding hydrogens is 180 g/mol. The van der Waals surface area contributed by atoms with Gasteiger partial charge in [-0.15, -0.1) is 0 Å². The second kappa shape index (κ2) is 6.27. The Balaban J connectivity index is 3.04. The highest BCUT2D eigenvalue weighted by Gasteiger charge is 1.99. The van der Waals surface area contributed by atoms with Gasteiger partial charge in [-0.2, -0.15) is 0 Å². The van der Waals surface area contributed by atoms with Crippen molar-refractivity contribution in [2.45, 2.75) is 37.4 Å². The van der Waals surface area contributed by atoms with Gasteiger partial charge in [0.05, 0.1) is 0 Å². The molecule has 0 bridgehead atoms. The van der Waals surface area contributed by atoms with Gasteiger partial charge in [0.2, 0.25) is 0 Å². The van der Waals surface area contributed by atoms with Gasteiger partial charge in [-0.3, -0.25) is 0 Å². The van der Waals surface area contributed by atoms with Crippen molar-refractivity contribution in [2.24, 2.45) is 0 Å². The quantitative estimate of drug-likeness (QED) is 0.484. The van der Waals surface area contributed by atoms with Crippen molar-refractivity contribution in [3.8, 4) is 0 Å². The molecule has 0 aliphatic rings. The summed E-state index contributed by atoms with van der Waals surface area (Å²) in [4.78, 5) is 10.4. The Morgan fingerprint density at radius 2 is 2.22 bits per heavy atom. The van der Waals surface area contributed by atoms with Crippen LogP contribution < -0.4 is 0 Å². The van der Waals surface area contributed by atoms with Crippen molar-refractivity contribution in [1.29, 1.82) is 0 Å². The van der Waals surface area contributed by atoms with E-state index in [2.05, 4.69) is 22.9 Å². The third-order valence-electron chi connectivity index (χ3n) is 1.20. The molecule has 2 heteroatoms. The number of carbonyl (C=O) groups is 1. The molecule has 54 valence electrons. The highest BCUT2D eigenvalue weighted by Crippen LogP contribution is 2.12. The first-order valence-electron chi connectivity index (χ1n) is 3.39. The number of alkyl halides is 1. The molecule has 0 rings (SSSR count). The average Bonchev–Trinajstić information content (AvgIpc) is 1.85. The van der Waals surface area contributed by atoms with Gasteiger partial charge in [0.25, 0.3) is 0 Å². The predicted octanol–water partition coefficient (Wildman–Crippen LogP) is 2.53. The van der Waals surface area contributed by atoms with E-state index in [0.29, 0.717) is 11.2 Å². The van der Waals surface area contributed by atoms with Crippen LogP contribution in [-0.4, -0.2) is 11.1 Å². The minimum absolute atomic E-state index is 0.549. The van der Waals surface area contributed by atoms with Crippen LogP contribution in [0, 0.1) is 0 Å². The van der Waals surface area contributed by atoms with Gasteiger partial charge in [0.15, 0.2) is 0 Å². The van der Waals surface area contributed by atoms with Crippen molar-refractivity contribution in [3.63, 3.8) is 0 Å². The van der Waals surface area contributed by atoms with E-state index in [1.807, 2.05) is 0 Å². The number of aldehydes is 1. The number of hydrogen-bond acceptors (Lipinski definition) is 1. The second-order valence-corrected chi connectivity index (χ2v) is 3.42. The van der Waals surface area contributed by atoms with Crippen LogP contribution in [0.3, 0.4) is 0 Å². The lowest BCUT2D eigenvalue weighted by Gasteiger charge is -2.03. The summed E-state index contributed by atoms with van der Waals surface area (Å²) in [6.07, 6.45) is 5.01. The predicted molar refractivity (Wildman–Crippen MR) is 42.9 cm³/mol. The summed E-state index contributed by atoms with van der Waals surface area (Å²) in [5.41, 5.74) is 0. The topological polar surface area (TPSA) is 17.1 Å². The smallest absolute Gasteiger partial charge is 0.120 e. The Morgan fingerprint density at radius 3 is 2.67 bits per heavy atom. The summed E-state index contributed by atoms with van der Waals surface area (Å²) in [5, 5.41) is 0. The van der Waals surface area contributed by atoms with Crippen LogP contribution in [0.2, 0.25) is 0 Å². The molecular formula is C7H13BrO. The van der Waals surface area contributed by atoms with E-state index in [4.69, 9.17) is 0 Å². The number of halogens is 1. The zero-order valence-corrected chi connectivity index (χ0v) is 7.36. The highest BCUT2D eigenvalue weighted by atomic mass is 79.9. The van der Waals surface area contributed by atoms with Gasteiger partial charge in [0.1, 0.15) is 6.29 Å². The first-order valence-corrected chi connectivity index (χ1v) is 4.30. The third-order valence-corrected chi connectivity index (χ3v) is 2.12. The summed E-state index contributed by atoms with van der Waals surface area (Å²) in [7, 11) is 0.